The molecule has 0 atom stereocenters. The number of methoxy groups -OCH3 is 1. The molecule has 1 aliphatic rings. The maximum atomic E-state index is 12.2. The Morgan fingerprint density at radius 3 is 2.64 bits per heavy atom. The zero-order valence-electron chi connectivity index (χ0n) is 12.6. The van der Waals surface area contributed by atoms with Crippen molar-refractivity contribution in [2.75, 3.05) is 20.2 Å². The van der Waals surface area contributed by atoms with Crippen molar-refractivity contribution in [2.24, 2.45) is 0 Å². The molecule has 118 valence electrons. The molecule has 6 nitrogen and oxygen atoms in total. The fourth-order valence-electron chi connectivity index (χ4n) is 2.42. The number of carbonyl (C=O) groups excluding carboxylic acids is 3. The summed E-state index contributed by atoms with van der Waals surface area (Å²) in [6.07, 6.45) is 1.07. The number of hydrogen-bond acceptors (Lipinski definition) is 4. The highest BCUT2D eigenvalue weighted by atomic mass is 16.5. The Balaban J connectivity index is 1.76. The monoisotopic (exact) mass is 304 g/mol. The summed E-state index contributed by atoms with van der Waals surface area (Å²) < 4.78 is 4.43. The van der Waals surface area contributed by atoms with E-state index in [1.54, 1.807) is 4.90 Å². The second kappa shape index (κ2) is 7.59. The van der Waals surface area contributed by atoms with Gasteiger partial charge in [-0.25, -0.2) is 0 Å². The predicted molar refractivity (Wildman–Crippen MR) is 79.8 cm³/mol. The molecule has 1 aromatic rings. The van der Waals surface area contributed by atoms with Crippen LogP contribution in [-0.2, 0) is 32.1 Å². The maximum absolute atomic E-state index is 12.2. The van der Waals surface area contributed by atoms with E-state index in [1.165, 1.54) is 12.7 Å². The smallest absolute Gasteiger partial charge is 0.325 e. The zero-order valence-corrected chi connectivity index (χ0v) is 12.6. The van der Waals surface area contributed by atoms with Gasteiger partial charge >= 0.3 is 5.97 Å². The van der Waals surface area contributed by atoms with E-state index in [9.17, 15) is 14.4 Å². The summed E-state index contributed by atoms with van der Waals surface area (Å²) in [6.45, 7) is 1.11. The molecule has 0 bridgehead atoms. The molecule has 0 saturated heterocycles. The van der Waals surface area contributed by atoms with Gasteiger partial charge in [-0.15, -0.1) is 0 Å². The predicted octanol–water partition coefficient (Wildman–Crippen LogP) is 0.641. The minimum absolute atomic E-state index is 0.0391. The lowest BCUT2D eigenvalue weighted by Gasteiger charge is -2.28. The van der Waals surface area contributed by atoms with Crippen LogP contribution in [-0.4, -0.2) is 42.9 Å². The van der Waals surface area contributed by atoms with Crippen LogP contribution >= 0.6 is 0 Å². The summed E-state index contributed by atoms with van der Waals surface area (Å²) in [7, 11) is 1.26. The molecule has 0 radical (unpaired) electrons. The van der Waals surface area contributed by atoms with Crippen LogP contribution < -0.4 is 5.32 Å². The van der Waals surface area contributed by atoms with Gasteiger partial charge in [0.15, 0.2) is 0 Å². The van der Waals surface area contributed by atoms with Gasteiger partial charge < -0.3 is 15.0 Å². The number of esters is 1. The van der Waals surface area contributed by atoms with Gasteiger partial charge in [0.2, 0.25) is 11.8 Å². The number of nitrogens with zero attached hydrogens (tertiary/aromatic N) is 1. The first-order valence-corrected chi connectivity index (χ1v) is 7.28. The standard InChI is InChI=1S/C16H20N2O4/c1-22-16(21)10-17-14(19)6-7-15(20)18-9-8-12-4-2-3-5-13(12)11-18/h2-5H,6-11H2,1H3,(H,17,19). The second-order valence-electron chi connectivity index (χ2n) is 5.19. The Labute approximate surface area is 129 Å². The highest BCUT2D eigenvalue weighted by molar-refractivity contribution is 5.86. The van der Waals surface area contributed by atoms with Gasteiger partial charge in [-0.1, -0.05) is 24.3 Å². The first kappa shape index (κ1) is 16.0. The van der Waals surface area contributed by atoms with Gasteiger partial charge in [-0.05, 0) is 17.5 Å². The van der Waals surface area contributed by atoms with Crippen molar-refractivity contribution in [3.05, 3.63) is 35.4 Å². The molecular formula is C16H20N2O4. The Hall–Kier alpha value is -2.37. The molecule has 6 heteroatoms. The molecule has 0 fully saturated rings. The van der Waals surface area contributed by atoms with Crippen LogP contribution in [0.2, 0.25) is 0 Å². The van der Waals surface area contributed by atoms with E-state index in [0.717, 1.165) is 12.0 Å². The Morgan fingerprint density at radius 2 is 1.91 bits per heavy atom. The highest BCUT2D eigenvalue weighted by Gasteiger charge is 2.20. The SMILES string of the molecule is COC(=O)CNC(=O)CCC(=O)N1CCc2ccccc2C1. The average Bonchev–Trinajstić information content (AvgIpc) is 2.56. The molecule has 1 aliphatic heterocycles. The maximum Gasteiger partial charge on any atom is 0.325 e. The van der Waals surface area contributed by atoms with E-state index in [2.05, 4.69) is 16.1 Å². The van der Waals surface area contributed by atoms with Crippen LogP contribution in [0.1, 0.15) is 24.0 Å². The van der Waals surface area contributed by atoms with E-state index in [1.807, 2.05) is 18.2 Å². The van der Waals surface area contributed by atoms with Crippen molar-refractivity contribution in [3.8, 4) is 0 Å². The van der Waals surface area contributed by atoms with Crippen molar-refractivity contribution in [1.29, 1.82) is 0 Å². The molecule has 1 aromatic carbocycles. The Morgan fingerprint density at radius 1 is 1.18 bits per heavy atom. The van der Waals surface area contributed by atoms with Crippen molar-refractivity contribution in [2.45, 2.75) is 25.8 Å². The molecule has 0 saturated carbocycles. The molecular weight excluding hydrogens is 284 g/mol. The lowest BCUT2D eigenvalue weighted by Crippen LogP contribution is -2.37. The van der Waals surface area contributed by atoms with Gasteiger partial charge in [0.25, 0.3) is 0 Å². The van der Waals surface area contributed by atoms with E-state index in [0.29, 0.717) is 13.1 Å². The Bertz CT molecular complexity index is 571. The number of fused-ring (bicyclic) bond motifs is 1. The molecule has 2 rings (SSSR count). The third-order valence-corrected chi connectivity index (χ3v) is 3.71. The van der Waals surface area contributed by atoms with E-state index in [-0.39, 0.29) is 31.2 Å². The van der Waals surface area contributed by atoms with Crippen LogP contribution in [0.25, 0.3) is 0 Å². The molecule has 22 heavy (non-hydrogen) atoms. The second-order valence-corrected chi connectivity index (χ2v) is 5.19. The third-order valence-electron chi connectivity index (χ3n) is 3.71. The largest absolute Gasteiger partial charge is 0.468 e. The number of ether oxygens (including phenoxy) is 1. The summed E-state index contributed by atoms with van der Waals surface area (Å²) in [5.41, 5.74) is 2.44. The molecule has 0 unspecified atom stereocenters. The summed E-state index contributed by atoms with van der Waals surface area (Å²) >= 11 is 0. The van der Waals surface area contributed by atoms with Gasteiger partial charge in [0, 0.05) is 25.9 Å². The van der Waals surface area contributed by atoms with Crippen LogP contribution in [0.3, 0.4) is 0 Å². The minimum Gasteiger partial charge on any atom is -0.468 e. The quantitative estimate of drug-likeness (QED) is 0.810. The summed E-state index contributed by atoms with van der Waals surface area (Å²) in [5.74, 6) is -0.869. The van der Waals surface area contributed by atoms with Crippen LogP contribution in [0.15, 0.2) is 24.3 Å². The van der Waals surface area contributed by atoms with Gasteiger partial charge in [0.1, 0.15) is 6.54 Å². The van der Waals surface area contributed by atoms with E-state index in [4.69, 9.17) is 0 Å². The molecule has 0 spiro atoms. The molecule has 0 aromatic heterocycles. The van der Waals surface area contributed by atoms with Crippen molar-refractivity contribution in [3.63, 3.8) is 0 Å². The van der Waals surface area contributed by atoms with E-state index >= 15 is 0 Å². The van der Waals surface area contributed by atoms with Crippen molar-refractivity contribution in [1.82, 2.24) is 10.2 Å². The number of nitrogens with one attached hydrogen (secondary N) is 1. The van der Waals surface area contributed by atoms with Crippen molar-refractivity contribution < 1.29 is 19.1 Å². The normalized spacial score (nSPS) is 13.2. The lowest BCUT2D eigenvalue weighted by atomic mass is 9.99. The lowest BCUT2D eigenvalue weighted by molar-refractivity contribution is -0.141. The van der Waals surface area contributed by atoms with Crippen LogP contribution in [0.4, 0.5) is 0 Å². The van der Waals surface area contributed by atoms with Gasteiger partial charge in [-0.2, -0.15) is 0 Å². The topological polar surface area (TPSA) is 75.7 Å². The third kappa shape index (κ3) is 4.31. The number of amides is 2. The summed E-state index contributed by atoms with van der Waals surface area (Å²) in [6, 6.07) is 8.07. The molecule has 2 amide bonds. The fourth-order valence-corrected chi connectivity index (χ4v) is 2.42. The summed E-state index contributed by atoms with van der Waals surface area (Å²) in [4.78, 5) is 36.4. The summed E-state index contributed by atoms with van der Waals surface area (Å²) in [5, 5.41) is 2.42. The van der Waals surface area contributed by atoms with Gasteiger partial charge in [-0.3, -0.25) is 14.4 Å². The first-order valence-electron chi connectivity index (χ1n) is 7.28. The van der Waals surface area contributed by atoms with Crippen LogP contribution in [0, 0.1) is 0 Å². The molecule has 1 heterocycles. The van der Waals surface area contributed by atoms with Crippen molar-refractivity contribution >= 4 is 17.8 Å². The Kier molecular flexibility index (Phi) is 5.52. The number of benzene rings is 1. The van der Waals surface area contributed by atoms with Gasteiger partial charge in [0.05, 0.1) is 7.11 Å². The van der Waals surface area contributed by atoms with E-state index < -0.39 is 5.97 Å². The molecule has 1 N–H and O–H groups in total. The fraction of sp³-hybridized carbons (Fsp3) is 0.438. The average molecular weight is 304 g/mol. The number of rotatable bonds is 5. The van der Waals surface area contributed by atoms with Crippen LogP contribution in [0.5, 0.6) is 0 Å². The minimum atomic E-state index is -0.507. The molecule has 0 aliphatic carbocycles. The zero-order chi connectivity index (χ0) is 15.9. The highest BCUT2D eigenvalue weighted by Crippen LogP contribution is 2.19. The number of hydrogen-bond donors (Lipinski definition) is 1. The number of carbonyl (C=O) groups is 3. The first-order chi connectivity index (χ1) is 10.6.